The second-order valence-corrected chi connectivity index (χ2v) is 8.58. The summed E-state index contributed by atoms with van der Waals surface area (Å²) in [5, 5.41) is 6.80. The van der Waals surface area contributed by atoms with Crippen molar-refractivity contribution in [3.05, 3.63) is 48.5 Å². The van der Waals surface area contributed by atoms with Crippen molar-refractivity contribution in [2.75, 3.05) is 23.8 Å². The van der Waals surface area contributed by atoms with E-state index in [2.05, 4.69) is 21.6 Å². The van der Waals surface area contributed by atoms with Gasteiger partial charge in [-0.1, -0.05) is 0 Å². The van der Waals surface area contributed by atoms with Crippen LogP contribution in [-0.2, 0) is 0 Å². The molecule has 134 valence electrons. The number of ether oxygens (including phenoxy) is 2. The molecule has 0 radical (unpaired) electrons. The predicted octanol–water partition coefficient (Wildman–Crippen LogP) is 4.81. The Morgan fingerprint density at radius 2 is 1.12 bits per heavy atom. The molecular formula is C19H27GaN2O2S. The summed E-state index contributed by atoms with van der Waals surface area (Å²) in [6.45, 7) is 5.24. The van der Waals surface area contributed by atoms with Crippen LogP contribution in [0, 0.1) is 0 Å². The van der Waals surface area contributed by atoms with Crippen molar-refractivity contribution in [3.8, 4) is 11.5 Å². The van der Waals surface area contributed by atoms with Crippen LogP contribution in [0.5, 0.6) is 11.5 Å². The molecule has 0 aliphatic carbocycles. The number of hydrogen-bond donors (Lipinski definition) is 2. The summed E-state index contributed by atoms with van der Waals surface area (Å²) < 4.78 is 10.8. The minimum absolute atomic E-state index is 0.125. The van der Waals surface area contributed by atoms with Gasteiger partial charge >= 0.3 is 28.4 Å². The van der Waals surface area contributed by atoms with Crippen molar-refractivity contribution >= 4 is 46.1 Å². The molecule has 0 amide bonds. The van der Waals surface area contributed by atoms with Gasteiger partial charge in [-0.15, -0.1) is 0 Å². The maximum atomic E-state index is 5.40. The van der Waals surface area contributed by atoms with E-state index in [4.69, 9.17) is 21.7 Å². The van der Waals surface area contributed by atoms with E-state index in [0.29, 0.717) is 18.3 Å². The molecule has 25 heavy (non-hydrogen) atoms. The van der Waals surface area contributed by atoms with Crippen LogP contribution in [0.4, 0.5) is 11.4 Å². The van der Waals surface area contributed by atoms with Crippen molar-refractivity contribution in [1.29, 1.82) is 0 Å². The number of anilines is 2. The fourth-order valence-electron chi connectivity index (χ4n) is 1.90. The van der Waals surface area contributed by atoms with Crippen LogP contribution in [0.15, 0.2) is 48.5 Å². The molecule has 0 fully saturated rings. The average molecular weight is 417 g/mol. The molecule has 2 aromatic carbocycles. The monoisotopic (exact) mass is 416 g/mol. The summed E-state index contributed by atoms with van der Waals surface area (Å²) in [6, 6.07) is 15.3. The molecule has 0 aromatic heterocycles. The van der Waals surface area contributed by atoms with Gasteiger partial charge in [-0.05, 0) is 74.6 Å². The standard InChI is InChI=1S/C17H20N2O2S.2CH3.Ga.H/c1-3-20-15-9-5-13(6-10-15)18-17(22)19-14-7-11-16(12-8-14)21-4-2;;;;/h5-12H,3-4H2,1-2H3,(H2,18,19,22);2*1H3;;. The maximum absolute atomic E-state index is 5.40. The molecular weight excluding hydrogens is 390 g/mol. The van der Waals surface area contributed by atoms with Gasteiger partial charge in [0, 0.05) is 11.4 Å². The van der Waals surface area contributed by atoms with Crippen molar-refractivity contribution in [1.82, 2.24) is 0 Å². The van der Waals surface area contributed by atoms with Gasteiger partial charge in [-0.3, -0.25) is 0 Å². The Kier molecular flexibility index (Phi) is 10.9. The van der Waals surface area contributed by atoms with E-state index in [9.17, 15) is 0 Å². The molecule has 6 heteroatoms. The topological polar surface area (TPSA) is 42.5 Å². The van der Waals surface area contributed by atoms with Crippen LogP contribution in [0.2, 0.25) is 11.0 Å². The van der Waals surface area contributed by atoms with Gasteiger partial charge in [-0.2, -0.15) is 0 Å². The van der Waals surface area contributed by atoms with Gasteiger partial charge in [0.2, 0.25) is 0 Å². The first-order valence-electron chi connectivity index (χ1n) is 8.66. The minimum atomic E-state index is 0.125. The van der Waals surface area contributed by atoms with Crippen molar-refractivity contribution in [2.24, 2.45) is 0 Å². The normalized spacial score (nSPS) is 9.28. The number of rotatable bonds is 6. The fraction of sp³-hybridized carbons (Fsp3) is 0.316. The SMILES string of the molecule is CCOc1ccc(NC(=S)Nc2ccc(OCC)cc2)cc1.[CH3][GaH][CH3]. The molecule has 0 heterocycles. The first-order valence-corrected chi connectivity index (χ1v) is 15.0. The summed E-state index contributed by atoms with van der Waals surface area (Å²) >= 11 is 5.43. The molecule has 0 saturated heterocycles. The molecule has 4 nitrogen and oxygen atoms in total. The molecule has 0 unspecified atom stereocenters. The van der Waals surface area contributed by atoms with E-state index < -0.39 is 0 Å². The van der Waals surface area contributed by atoms with Crippen molar-refractivity contribution in [2.45, 2.75) is 24.8 Å². The van der Waals surface area contributed by atoms with E-state index in [1.54, 1.807) is 0 Å². The van der Waals surface area contributed by atoms with Gasteiger partial charge in [-0.25, -0.2) is 0 Å². The summed E-state index contributed by atoms with van der Waals surface area (Å²) in [4.78, 5) is 0. The Morgan fingerprint density at radius 1 is 0.800 bits per heavy atom. The molecule has 0 aliphatic heterocycles. The summed E-state index contributed by atoms with van der Waals surface area (Å²) in [5.41, 5.74) is 6.44. The zero-order valence-electron chi connectivity index (χ0n) is 15.5. The second-order valence-electron chi connectivity index (χ2n) is 5.20. The third kappa shape index (κ3) is 8.86. The predicted molar refractivity (Wildman–Crippen MR) is 114 cm³/mol. The molecule has 2 aromatic rings. The van der Waals surface area contributed by atoms with Crippen LogP contribution in [0.1, 0.15) is 13.8 Å². The van der Waals surface area contributed by atoms with Crippen molar-refractivity contribution < 1.29 is 9.47 Å². The number of thiocarbonyl (C=S) groups is 1. The van der Waals surface area contributed by atoms with Crippen LogP contribution < -0.4 is 20.1 Å². The first kappa shape index (κ1) is 21.4. The Bertz CT molecular complexity index is 565. The van der Waals surface area contributed by atoms with Crippen LogP contribution in [-0.4, -0.2) is 35.7 Å². The first-order chi connectivity index (χ1) is 12.1. The summed E-state index contributed by atoms with van der Waals surface area (Å²) in [6.07, 6.45) is 0. The van der Waals surface area contributed by atoms with Gasteiger partial charge < -0.3 is 20.1 Å². The fourth-order valence-corrected chi connectivity index (χ4v) is 2.13. The Labute approximate surface area is 164 Å². The number of nitrogens with one attached hydrogen (secondary N) is 2. The zero-order valence-corrected chi connectivity index (χ0v) is 19.2. The quantitative estimate of drug-likeness (QED) is 0.522. The molecule has 0 spiro atoms. The zero-order chi connectivity index (χ0) is 18.5. The molecule has 0 atom stereocenters. The average Bonchev–Trinajstić information content (AvgIpc) is 2.60. The number of hydrogen-bond acceptors (Lipinski definition) is 3. The van der Waals surface area contributed by atoms with Crippen LogP contribution in [0.3, 0.4) is 0 Å². The summed E-state index contributed by atoms with van der Waals surface area (Å²) in [7, 11) is 0. The molecule has 2 rings (SSSR count). The third-order valence-electron chi connectivity index (χ3n) is 2.85. The second kappa shape index (κ2) is 12.7. The van der Waals surface area contributed by atoms with E-state index >= 15 is 0 Å². The van der Waals surface area contributed by atoms with Crippen LogP contribution in [0.25, 0.3) is 0 Å². The Hall–Kier alpha value is -1.63. The van der Waals surface area contributed by atoms with E-state index in [0.717, 1.165) is 22.9 Å². The van der Waals surface area contributed by atoms with E-state index in [1.807, 2.05) is 62.4 Å². The van der Waals surface area contributed by atoms with Crippen molar-refractivity contribution in [3.63, 3.8) is 0 Å². The Balaban J connectivity index is 0.000000970. The van der Waals surface area contributed by atoms with E-state index in [-0.39, 0.29) is 17.4 Å². The van der Waals surface area contributed by atoms with Gasteiger partial charge in [0.1, 0.15) is 11.5 Å². The Morgan fingerprint density at radius 3 is 1.40 bits per heavy atom. The molecule has 0 saturated carbocycles. The number of benzene rings is 2. The van der Waals surface area contributed by atoms with Gasteiger partial charge in [0.05, 0.1) is 13.2 Å². The van der Waals surface area contributed by atoms with Crippen LogP contribution >= 0.6 is 12.2 Å². The molecule has 0 bridgehead atoms. The summed E-state index contributed by atoms with van der Waals surface area (Å²) in [5.74, 6) is 1.69. The van der Waals surface area contributed by atoms with Gasteiger partial charge in [0.25, 0.3) is 0 Å². The van der Waals surface area contributed by atoms with Gasteiger partial charge in [0.15, 0.2) is 5.11 Å². The molecule has 0 aliphatic rings. The van der Waals surface area contributed by atoms with E-state index in [1.165, 1.54) is 0 Å². The molecule has 2 N–H and O–H groups in total. The third-order valence-corrected chi connectivity index (χ3v) is 3.05.